The van der Waals surface area contributed by atoms with E-state index in [0.29, 0.717) is 12.8 Å². The Morgan fingerprint density at radius 3 is 1.39 bits per heavy atom. The van der Waals surface area contributed by atoms with E-state index in [1.807, 2.05) is 6.92 Å². The molecule has 0 aliphatic carbocycles. The van der Waals surface area contributed by atoms with Crippen molar-refractivity contribution in [1.82, 2.24) is 0 Å². The zero-order valence-corrected chi connectivity index (χ0v) is 44.4. The summed E-state index contributed by atoms with van der Waals surface area (Å²) in [6.45, 7) is 8.14. The number of esters is 2. The van der Waals surface area contributed by atoms with Gasteiger partial charge < -0.3 is 54.3 Å². The number of aliphatic hydroxyl groups is 6. The summed E-state index contributed by atoms with van der Waals surface area (Å²) >= 11 is 0.0492. The highest BCUT2D eigenvalue weighted by molar-refractivity contribution is 7.89. The molecule has 0 aromatic heterocycles. The third-order valence-electron chi connectivity index (χ3n) is 14.1. The van der Waals surface area contributed by atoms with Crippen LogP contribution in [0.5, 0.6) is 0 Å². The topological polar surface area (TPSA) is 250 Å². The van der Waals surface area contributed by atoms with E-state index in [1.54, 1.807) is 13.8 Å². The summed E-state index contributed by atoms with van der Waals surface area (Å²) < 4.78 is 39.4. The maximum Gasteiger partial charge on any atom is 0.309 e. The first-order valence-corrected chi connectivity index (χ1v) is 28.1. The Labute approximate surface area is 425 Å². The van der Waals surface area contributed by atoms with Crippen LogP contribution in [0, 0.1) is 17.8 Å². The molecule has 2 aliphatic rings. The van der Waals surface area contributed by atoms with Gasteiger partial charge in [-0.2, -0.15) is 0 Å². The minimum absolute atomic E-state index is 0.0492. The monoisotopic (exact) mass is 1030 g/mol. The maximum atomic E-state index is 14.0. The summed E-state index contributed by atoms with van der Waals surface area (Å²) in [6, 6.07) is 0. The van der Waals surface area contributed by atoms with Crippen LogP contribution in [0.4, 0.5) is 0 Å². The van der Waals surface area contributed by atoms with Crippen LogP contribution < -0.4 is 0 Å². The lowest BCUT2D eigenvalue weighted by Crippen LogP contribution is -2.65. The average molecular weight is 1030 g/mol. The van der Waals surface area contributed by atoms with Gasteiger partial charge in [-0.1, -0.05) is 207 Å². The van der Waals surface area contributed by atoms with Crippen LogP contribution in [-0.2, 0) is 46.8 Å². The maximum absolute atomic E-state index is 14.0. The second kappa shape index (κ2) is 40.1. The van der Waals surface area contributed by atoms with Gasteiger partial charge in [0.1, 0.15) is 30.5 Å². The predicted octanol–water partition coefficient (Wildman–Crippen LogP) is 9.34. The standard InChI is InChI=1S/C52H98O17S/c1-6-8-10-12-14-16-18-20-22-24-26-28-30-32-37(3)49(59)64-46-44(57)42(36-54)63-52(66-51-47(67-70-69-68-61)45(58)43(56)41(35-53)62-51)48(46)65-50(60)39(5)34-38(4)40(55)33-31-29-27-25-23-21-19-17-15-13-11-9-7-2/h37-48,51-58,61H,6-36H2,1-5H3. The SMILES string of the molecule is CCCCCCCCCCCCCCCC(C)C(=O)OC1C(O)C(CO)OC(OC2OC(CO)C(O)C(O)C2OSOOO)C1OC(=O)C(C)CC(C)C(O)CCCCCCCCCCCCCCC. The Morgan fingerprint density at radius 2 is 0.929 bits per heavy atom. The highest BCUT2D eigenvalue weighted by atomic mass is 32.2. The third-order valence-corrected chi connectivity index (χ3v) is 14.6. The average Bonchev–Trinajstić information content (AvgIpc) is 3.35. The summed E-state index contributed by atoms with van der Waals surface area (Å²) in [5, 5.41) is 76.7. The number of ether oxygens (including phenoxy) is 5. The van der Waals surface area contributed by atoms with Gasteiger partial charge in [0.25, 0.3) is 0 Å². The van der Waals surface area contributed by atoms with E-state index in [1.165, 1.54) is 122 Å². The van der Waals surface area contributed by atoms with Crippen molar-refractivity contribution in [2.24, 2.45) is 17.8 Å². The summed E-state index contributed by atoms with van der Waals surface area (Å²) in [4.78, 5) is 27.7. The molecule has 0 aromatic rings. The molecule has 14 unspecified atom stereocenters. The molecule has 70 heavy (non-hydrogen) atoms. The van der Waals surface area contributed by atoms with E-state index < -0.39 is 105 Å². The fraction of sp³-hybridized carbons (Fsp3) is 0.962. The number of rotatable bonds is 43. The quantitative estimate of drug-likeness (QED) is 0.00988. The van der Waals surface area contributed by atoms with Crippen LogP contribution in [0.1, 0.15) is 221 Å². The molecule has 2 fully saturated rings. The molecule has 414 valence electrons. The van der Waals surface area contributed by atoms with Gasteiger partial charge in [0.05, 0.1) is 31.2 Å². The second-order valence-electron chi connectivity index (χ2n) is 20.3. The first kappa shape index (κ1) is 64.9. The number of carbonyl (C=O) groups is 2. The normalized spacial score (nSPS) is 26.7. The zero-order chi connectivity index (χ0) is 51.5. The van der Waals surface area contributed by atoms with Crippen molar-refractivity contribution in [1.29, 1.82) is 0 Å². The van der Waals surface area contributed by atoms with Gasteiger partial charge >= 0.3 is 11.9 Å². The van der Waals surface area contributed by atoms with Gasteiger partial charge in [0.2, 0.25) is 6.29 Å². The van der Waals surface area contributed by atoms with Crippen molar-refractivity contribution in [3.63, 3.8) is 0 Å². The zero-order valence-electron chi connectivity index (χ0n) is 43.6. The molecule has 2 rings (SSSR count). The van der Waals surface area contributed by atoms with Crippen LogP contribution in [0.3, 0.4) is 0 Å². The number of hydrogen-bond acceptors (Lipinski definition) is 18. The molecule has 2 heterocycles. The fourth-order valence-electron chi connectivity index (χ4n) is 9.44. The Hall–Kier alpha value is -1.23. The molecule has 2 saturated heterocycles. The summed E-state index contributed by atoms with van der Waals surface area (Å²) in [5.74, 6) is -3.12. The van der Waals surface area contributed by atoms with Gasteiger partial charge in [-0.05, 0) is 25.2 Å². The van der Waals surface area contributed by atoms with Gasteiger partial charge in [0.15, 0.2) is 36.9 Å². The number of carbonyl (C=O) groups excluding carboxylic acids is 2. The molecule has 17 nitrogen and oxygen atoms in total. The van der Waals surface area contributed by atoms with Gasteiger partial charge in [-0.25, -0.2) is 5.26 Å². The van der Waals surface area contributed by atoms with E-state index >= 15 is 0 Å². The molecule has 0 saturated carbocycles. The van der Waals surface area contributed by atoms with Crippen LogP contribution in [-0.4, -0.2) is 129 Å². The van der Waals surface area contributed by atoms with Crippen molar-refractivity contribution in [2.75, 3.05) is 13.2 Å². The molecule has 0 radical (unpaired) electrons. The van der Waals surface area contributed by atoms with Crippen molar-refractivity contribution >= 4 is 24.3 Å². The summed E-state index contributed by atoms with van der Waals surface area (Å²) in [6.07, 6.45) is 15.5. The highest BCUT2D eigenvalue weighted by Gasteiger charge is 2.54. The number of unbranched alkanes of at least 4 members (excludes halogenated alkanes) is 24. The Bertz CT molecular complexity index is 1290. The molecule has 2 aliphatic heterocycles. The smallest absolute Gasteiger partial charge is 0.309 e. The molecule has 0 amide bonds. The first-order chi connectivity index (χ1) is 33.8. The summed E-state index contributed by atoms with van der Waals surface area (Å²) in [5.41, 5.74) is 0. The highest BCUT2D eigenvalue weighted by Crippen LogP contribution is 2.35. The lowest BCUT2D eigenvalue weighted by molar-refractivity contribution is -0.435. The minimum atomic E-state index is -1.79. The second-order valence-corrected chi connectivity index (χ2v) is 20.7. The molecule has 0 bridgehead atoms. The molecule has 0 aromatic carbocycles. The lowest BCUT2D eigenvalue weighted by Gasteiger charge is -2.46. The van der Waals surface area contributed by atoms with Crippen molar-refractivity contribution in [3.05, 3.63) is 0 Å². The van der Waals surface area contributed by atoms with Gasteiger partial charge in [0, 0.05) is 0 Å². The Morgan fingerprint density at radius 1 is 0.529 bits per heavy atom. The van der Waals surface area contributed by atoms with Gasteiger partial charge in [-0.3, -0.25) is 13.8 Å². The van der Waals surface area contributed by atoms with Crippen LogP contribution in [0.15, 0.2) is 0 Å². The van der Waals surface area contributed by atoms with E-state index in [0.717, 1.165) is 44.9 Å². The van der Waals surface area contributed by atoms with Crippen LogP contribution in [0.25, 0.3) is 0 Å². The summed E-state index contributed by atoms with van der Waals surface area (Å²) in [7, 11) is 0. The minimum Gasteiger partial charge on any atom is -0.455 e. The predicted molar refractivity (Wildman–Crippen MR) is 266 cm³/mol. The van der Waals surface area contributed by atoms with E-state index in [-0.39, 0.29) is 24.7 Å². The van der Waals surface area contributed by atoms with Crippen molar-refractivity contribution in [3.8, 4) is 0 Å². The number of aliphatic hydroxyl groups excluding tert-OH is 6. The molecular weight excluding hydrogens is 929 g/mol. The van der Waals surface area contributed by atoms with Crippen molar-refractivity contribution < 1.29 is 82.7 Å². The Kier molecular flexibility index (Phi) is 37.2. The molecule has 0 spiro atoms. The van der Waals surface area contributed by atoms with Crippen LogP contribution >= 0.6 is 12.3 Å². The van der Waals surface area contributed by atoms with Crippen molar-refractivity contribution in [2.45, 2.75) is 288 Å². The molecular formula is C52H98O17S. The van der Waals surface area contributed by atoms with E-state index in [9.17, 15) is 40.2 Å². The lowest BCUT2D eigenvalue weighted by atomic mass is 9.90. The fourth-order valence-corrected chi connectivity index (χ4v) is 9.79. The van der Waals surface area contributed by atoms with Crippen LogP contribution in [0.2, 0.25) is 0 Å². The first-order valence-electron chi connectivity index (χ1n) is 27.5. The number of hydrogen-bond donors (Lipinski definition) is 7. The van der Waals surface area contributed by atoms with E-state index in [2.05, 4.69) is 23.2 Å². The Balaban J connectivity index is 2.10. The molecule has 18 heteroatoms. The molecule has 14 atom stereocenters. The van der Waals surface area contributed by atoms with Gasteiger partial charge in [-0.15, -0.1) is 4.33 Å². The largest absolute Gasteiger partial charge is 0.455 e. The molecule has 7 N–H and O–H groups in total. The third kappa shape index (κ3) is 25.8. The van der Waals surface area contributed by atoms with E-state index in [4.69, 9.17) is 33.1 Å².